The topological polar surface area (TPSA) is 34.0 Å². The summed E-state index contributed by atoms with van der Waals surface area (Å²) >= 11 is 0. The summed E-state index contributed by atoms with van der Waals surface area (Å²) in [5, 5.41) is 4.30. The average molecular weight is 310 g/mol. The molecule has 1 aliphatic heterocycles. The zero-order valence-electron chi connectivity index (χ0n) is 13.9. The Kier molecular flexibility index (Phi) is 4.17. The highest BCUT2D eigenvalue weighted by molar-refractivity contribution is 5.11. The molecule has 3 atom stereocenters. The van der Waals surface area contributed by atoms with Gasteiger partial charge in [0.15, 0.2) is 0 Å². The molecule has 0 radical (unpaired) electrons. The molecular weight excluding hydrogens is 284 g/mol. The molecule has 0 aromatic carbocycles. The summed E-state index contributed by atoms with van der Waals surface area (Å²) in [6, 6.07) is 4.30. The monoisotopic (exact) mass is 310 g/mol. The van der Waals surface area contributed by atoms with Gasteiger partial charge < -0.3 is 0 Å². The van der Waals surface area contributed by atoms with Gasteiger partial charge in [-0.1, -0.05) is 12.5 Å². The SMILES string of the molecule is Cn1cc(CN2C[C@H]3CCC[C@H](Cc4cccnc4)[C@H]3C2)cn1. The van der Waals surface area contributed by atoms with Gasteiger partial charge in [0.1, 0.15) is 0 Å². The Labute approximate surface area is 138 Å². The summed E-state index contributed by atoms with van der Waals surface area (Å²) in [5.41, 5.74) is 2.75. The van der Waals surface area contributed by atoms with Gasteiger partial charge in [-0.25, -0.2) is 0 Å². The molecule has 0 spiro atoms. The second kappa shape index (κ2) is 6.44. The van der Waals surface area contributed by atoms with E-state index in [1.165, 1.54) is 49.9 Å². The van der Waals surface area contributed by atoms with E-state index in [1.807, 2.05) is 30.3 Å². The van der Waals surface area contributed by atoms with Gasteiger partial charge in [0.25, 0.3) is 0 Å². The molecule has 1 aliphatic carbocycles. The van der Waals surface area contributed by atoms with E-state index in [2.05, 4.69) is 33.3 Å². The van der Waals surface area contributed by atoms with Crippen LogP contribution in [0.25, 0.3) is 0 Å². The van der Waals surface area contributed by atoms with E-state index in [-0.39, 0.29) is 0 Å². The molecule has 0 amide bonds. The van der Waals surface area contributed by atoms with Crippen LogP contribution in [0.15, 0.2) is 36.9 Å². The van der Waals surface area contributed by atoms with Crippen molar-refractivity contribution in [2.24, 2.45) is 24.8 Å². The Morgan fingerprint density at radius 2 is 2.13 bits per heavy atom. The molecular formula is C19H26N4. The first kappa shape index (κ1) is 14.9. The first-order valence-corrected chi connectivity index (χ1v) is 8.87. The van der Waals surface area contributed by atoms with Gasteiger partial charge in [-0.05, 0) is 48.6 Å². The van der Waals surface area contributed by atoms with Crippen LogP contribution in [0.3, 0.4) is 0 Å². The maximum absolute atomic E-state index is 4.30. The number of aryl methyl sites for hydroxylation is 1. The third kappa shape index (κ3) is 3.32. The van der Waals surface area contributed by atoms with Crippen LogP contribution in [0.4, 0.5) is 0 Å². The van der Waals surface area contributed by atoms with Gasteiger partial charge in [0.05, 0.1) is 6.20 Å². The van der Waals surface area contributed by atoms with Crippen molar-refractivity contribution in [1.29, 1.82) is 0 Å². The number of aromatic nitrogens is 3. The van der Waals surface area contributed by atoms with Crippen LogP contribution in [0.5, 0.6) is 0 Å². The Hall–Kier alpha value is -1.68. The lowest BCUT2D eigenvalue weighted by atomic mass is 9.72. The summed E-state index contributed by atoms with van der Waals surface area (Å²) in [5.74, 6) is 2.58. The fourth-order valence-electron chi connectivity index (χ4n) is 4.70. The molecule has 2 aromatic rings. The Bertz CT molecular complexity index is 636. The summed E-state index contributed by atoms with van der Waals surface area (Å²) < 4.78 is 1.91. The van der Waals surface area contributed by atoms with Crippen LogP contribution >= 0.6 is 0 Å². The van der Waals surface area contributed by atoms with E-state index in [1.54, 1.807) is 0 Å². The maximum atomic E-state index is 4.30. The predicted molar refractivity (Wildman–Crippen MR) is 90.7 cm³/mol. The van der Waals surface area contributed by atoms with Gasteiger partial charge in [-0.2, -0.15) is 5.10 Å². The number of hydrogen-bond acceptors (Lipinski definition) is 3. The number of rotatable bonds is 4. The van der Waals surface area contributed by atoms with E-state index in [4.69, 9.17) is 0 Å². The van der Waals surface area contributed by atoms with Crippen LogP contribution in [0.1, 0.15) is 30.4 Å². The molecule has 4 rings (SSSR count). The largest absolute Gasteiger partial charge is 0.298 e. The molecule has 23 heavy (non-hydrogen) atoms. The van der Waals surface area contributed by atoms with Crippen LogP contribution in [-0.2, 0) is 20.0 Å². The minimum atomic E-state index is 0.830. The lowest BCUT2D eigenvalue weighted by Crippen LogP contribution is -2.28. The normalized spacial score (nSPS) is 28.0. The quantitative estimate of drug-likeness (QED) is 0.871. The molecule has 122 valence electrons. The summed E-state index contributed by atoms with van der Waals surface area (Å²) in [6.07, 6.45) is 13.5. The second-order valence-electron chi connectivity index (χ2n) is 7.40. The zero-order chi connectivity index (χ0) is 15.6. The second-order valence-corrected chi connectivity index (χ2v) is 7.40. The lowest BCUT2D eigenvalue weighted by Gasteiger charge is -2.33. The molecule has 4 nitrogen and oxygen atoms in total. The molecule has 0 unspecified atom stereocenters. The van der Waals surface area contributed by atoms with E-state index in [0.717, 1.165) is 24.3 Å². The molecule has 2 aliphatic rings. The molecule has 2 aromatic heterocycles. The fraction of sp³-hybridized carbons (Fsp3) is 0.579. The molecule has 0 N–H and O–H groups in total. The van der Waals surface area contributed by atoms with E-state index >= 15 is 0 Å². The van der Waals surface area contributed by atoms with Crippen LogP contribution in [-0.4, -0.2) is 32.8 Å². The van der Waals surface area contributed by atoms with E-state index in [9.17, 15) is 0 Å². The highest BCUT2D eigenvalue weighted by Gasteiger charge is 2.39. The molecule has 4 heteroatoms. The van der Waals surface area contributed by atoms with Gasteiger partial charge >= 0.3 is 0 Å². The smallest absolute Gasteiger partial charge is 0.0534 e. The average Bonchev–Trinajstić information content (AvgIpc) is 3.15. The standard InChI is InChI=1S/C19H26N4/c1-22-11-16(10-21-22)12-23-13-18-6-2-5-17(19(18)14-23)8-15-4-3-7-20-9-15/h3-4,7,9-11,17-19H,2,5-6,8,12-14H2,1H3/t17-,18-,19-/m1/s1. The van der Waals surface area contributed by atoms with Crippen molar-refractivity contribution in [3.63, 3.8) is 0 Å². The van der Waals surface area contributed by atoms with Crippen molar-refractivity contribution >= 4 is 0 Å². The first-order valence-electron chi connectivity index (χ1n) is 8.87. The van der Waals surface area contributed by atoms with Crippen LogP contribution in [0, 0.1) is 17.8 Å². The minimum Gasteiger partial charge on any atom is -0.298 e. The van der Waals surface area contributed by atoms with Crippen molar-refractivity contribution in [3.05, 3.63) is 48.0 Å². The summed E-state index contributed by atoms with van der Waals surface area (Å²) in [4.78, 5) is 6.94. The fourth-order valence-corrected chi connectivity index (χ4v) is 4.70. The molecule has 3 heterocycles. The highest BCUT2D eigenvalue weighted by atomic mass is 15.2. The van der Waals surface area contributed by atoms with Crippen LogP contribution < -0.4 is 0 Å². The van der Waals surface area contributed by atoms with Crippen molar-refractivity contribution in [3.8, 4) is 0 Å². The zero-order valence-corrected chi connectivity index (χ0v) is 13.9. The molecule has 1 saturated carbocycles. The third-order valence-corrected chi connectivity index (χ3v) is 5.71. The van der Waals surface area contributed by atoms with E-state index < -0.39 is 0 Å². The molecule has 1 saturated heterocycles. The van der Waals surface area contributed by atoms with Crippen molar-refractivity contribution < 1.29 is 0 Å². The van der Waals surface area contributed by atoms with Crippen molar-refractivity contribution in [2.45, 2.75) is 32.2 Å². The maximum Gasteiger partial charge on any atom is 0.0534 e. The Balaban J connectivity index is 1.42. The van der Waals surface area contributed by atoms with Crippen molar-refractivity contribution in [1.82, 2.24) is 19.7 Å². The Morgan fingerprint density at radius 1 is 1.17 bits per heavy atom. The number of hydrogen-bond donors (Lipinski definition) is 0. The summed E-state index contributed by atoms with van der Waals surface area (Å²) in [7, 11) is 2.00. The van der Waals surface area contributed by atoms with Gasteiger partial charge in [-0.3, -0.25) is 14.6 Å². The van der Waals surface area contributed by atoms with Crippen LogP contribution in [0.2, 0.25) is 0 Å². The predicted octanol–water partition coefficient (Wildman–Crippen LogP) is 2.91. The number of likely N-dealkylation sites (tertiary alicyclic amines) is 1. The molecule has 0 bridgehead atoms. The molecule has 2 fully saturated rings. The minimum absolute atomic E-state index is 0.830. The van der Waals surface area contributed by atoms with E-state index in [0.29, 0.717) is 0 Å². The lowest BCUT2D eigenvalue weighted by molar-refractivity contribution is 0.196. The van der Waals surface area contributed by atoms with Crippen molar-refractivity contribution in [2.75, 3.05) is 13.1 Å². The number of nitrogens with zero attached hydrogens (tertiary/aromatic N) is 4. The van der Waals surface area contributed by atoms with Gasteiger partial charge in [0, 0.05) is 50.8 Å². The van der Waals surface area contributed by atoms with Gasteiger partial charge in [-0.15, -0.1) is 0 Å². The third-order valence-electron chi connectivity index (χ3n) is 5.71. The Morgan fingerprint density at radius 3 is 2.91 bits per heavy atom. The summed E-state index contributed by atoms with van der Waals surface area (Å²) in [6.45, 7) is 3.58. The number of fused-ring (bicyclic) bond motifs is 1. The first-order chi connectivity index (χ1) is 11.3. The highest BCUT2D eigenvalue weighted by Crippen LogP contribution is 2.41. The number of pyridine rings is 1. The van der Waals surface area contributed by atoms with Gasteiger partial charge in [0.2, 0.25) is 0 Å².